The first kappa shape index (κ1) is 14.5. The average Bonchev–Trinajstić information content (AvgIpc) is 2.53. The highest BCUT2D eigenvalue weighted by Gasteiger charge is 2.23. The summed E-state index contributed by atoms with van der Waals surface area (Å²) in [7, 11) is 0. The Kier molecular flexibility index (Phi) is 4.87. The van der Waals surface area contributed by atoms with Crippen molar-refractivity contribution in [3.05, 3.63) is 60.4 Å². The third-order valence-electron chi connectivity index (χ3n) is 3.00. The van der Waals surface area contributed by atoms with Crippen LogP contribution in [-0.4, -0.2) is 21.9 Å². The van der Waals surface area contributed by atoms with Gasteiger partial charge >= 0.3 is 0 Å². The van der Waals surface area contributed by atoms with Crippen LogP contribution < -0.4 is 11.1 Å². The molecule has 6 nitrogen and oxygen atoms in total. The summed E-state index contributed by atoms with van der Waals surface area (Å²) in [5.74, 6) is -1.22. The molecule has 1 aromatic heterocycles. The van der Waals surface area contributed by atoms with Gasteiger partial charge in [0.2, 0.25) is 5.91 Å². The van der Waals surface area contributed by atoms with E-state index in [1.54, 1.807) is 18.3 Å². The number of amides is 1. The van der Waals surface area contributed by atoms with E-state index < -0.39 is 5.92 Å². The number of aromatic nitrogens is 1. The highest BCUT2D eigenvalue weighted by atomic mass is 16.4. The number of amidine groups is 1. The Morgan fingerprint density at radius 1 is 1.29 bits per heavy atom. The first-order valence-electron chi connectivity index (χ1n) is 6.43. The Balaban J connectivity index is 2.14. The molecule has 0 spiro atoms. The quantitative estimate of drug-likeness (QED) is 0.336. The van der Waals surface area contributed by atoms with Gasteiger partial charge in [0.15, 0.2) is 5.84 Å². The van der Waals surface area contributed by atoms with E-state index in [0.717, 1.165) is 5.56 Å². The summed E-state index contributed by atoms with van der Waals surface area (Å²) in [4.78, 5) is 16.2. The van der Waals surface area contributed by atoms with Crippen molar-refractivity contribution in [3.8, 4) is 0 Å². The van der Waals surface area contributed by atoms with Crippen LogP contribution in [0.2, 0.25) is 0 Å². The molecule has 0 aliphatic rings. The highest BCUT2D eigenvalue weighted by Crippen LogP contribution is 2.12. The Hall–Kier alpha value is -2.89. The van der Waals surface area contributed by atoms with Crippen LogP contribution in [-0.2, 0) is 11.2 Å². The molecule has 0 saturated heterocycles. The monoisotopic (exact) mass is 284 g/mol. The molecule has 21 heavy (non-hydrogen) atoms. The Bertz CT molecular complexity index is 614. The van der Waals surface area contributed by atoms with Crippen molar-refractivity contribution in [2.24, 2.45) is 16.8 Å². The summed E-state index contributed by atoms with van der Waals surface area (Å²) in [5, 5.41) is 14.5. The fourth-order valence-corrected chi connectivity index (χ4v) is 1.92. The number of hydrogen-bond donors (Lipinski definition) is 3. The van der Waals surface area contributed by atoms with Gasteiger partial charge in [-0.2, -0.15) is 0 Å². The highest BCUT2D eigenvalue weighted by molar-refractivity contribution is 6.07. The van der Waals surface area contributed by atoms with Crippen molar-refractivity contribution in [2.75, 3.05) is 5.32 Å². The fraction of sp³-hybridized carbons (Fsp3) is 0.133. The van der Waals surface area contributed by atoms with E-state index in [1.807, 2.05) is 30.3 Å². The summed E-state index contributed by atoms with van der Waals surface area (Å²) in [6.07, 6.45) is 3.49. The van der Waals surface area contributed by atoms with Crippen LogP contribution in [0.4, 0.5) is 5.69 Å². The molecule has 0 aliphatic carbocycles. The van der Waals surface area contributed by atoms with Gasteiger partial charge < -0.3 is 16.3 Å². The summed E-state index contributed by atoms with van der Waals surface area (Å²) >= 11 is 0. The van der Waals surface area contributed by atoms with Gasteiger partial charge in [0.05, 0.1) is 11.9 Å². The van der Waals surface area contributed by atoms with Crippen LogP contribution in [0.25, 0.3) is 0 Å². The standard InChI is InChI=1S/C15H16N4O2/c16-14(19-21)13(9-11-5-2-1-3-6-11)15(20)18-12-7-4-8-17-10-12/h1-8,10,13,21H,9H2,(H2,16,19)(H,18,20). The molecule has 1 amide bonds. The van der Waals surface area contributed by atoms with Crippen LogP contribution in [0.3, 0.4) is 0 Å². The van der Waals surface area contributed by atoms with Crippen LogP contribution >= 0.6 is 0 Å². The fourth-order valence-electron chi connectivity index (χ4n) is 1.92. The molecule has 1 unspecified atom stereocenters. The average molecular weight is 284 g/mol. The van der Waals surface area contributed by atoms with Crippen LogP contribution in [0.15, 0.2) is 60.0 Å². The van der Waals surface area contributed by atoms with Crippen LogP contribution in [0.5, 0.6) is 0 Å². The van der Waals surface area contributed by atoms with Gasteiger partial charge in [0.1, 0.15) is 5.92 Å². The maximum absolute atomic E-state index is 12.3. The number of benzene rings is 1. The number of carbonyl (C=O) groups is 1. The molecule has 4 N–H and O–H groups in total. The lowest BCUT2D eigenvalue weighted by Crippen LogP contribution is -2.36. The molecule has 1 atom stereocenters. The van der Waals surface area contributed by atoms with E-state index in [1.165, 1.54) is 6.20 Å². The smallest absolute Gasteiger partial charge is 0.235 e. The Morgan fingerprint density at radius 3 is 2.67 bits per heavy atom. The third-order valence-corrected chi connectivity index (χ3v) is 3.00. The lowest BCUT2D eigenvalue weighted by atomic mass is 9.97. The van der Waals surface area contributed by atoms with E-state index in [-0.39, 0.29) is 11.7 Å². The molecular weight excluding hydrogens is 268 g/mol. The molecule has 1 aromatic carbocycles. The number of nitrogens with two attached hydrogens (primary N) is 1. The van der Waals surface area contributed by atoms with Crippen molar-refractivity contribution in [3.63, 3.8) is 0 Å². The zero-order valence-corrected chi connectivity index (χ0v) is 11.3. The van der Waals surface area contributed by atoms with E-state index in [0.29, 0.717) is 12.1 Å². The van der Waals surface area contributed by atoms with Gasteiger partial charge in [-0.1, -0.05) is 35.5 Å². The molecule has 2 rings (SSSR count). The normalized spacial score (nSPS) is 12.7. The zero-order chi connectivity index (χ0) is 15.1. The lowest BCUT2D eigenvalue weighted by molar-refractivity contribution is -0.118. The predicted octanol–water partition coefficient (Wildman–Crippen LogP) is 1.63. The van der Waals surface area contributed by atoms with Gasteiger partial charge in [-0.15, -0.1) is 0 Å². The second-order valence-corrected chi connectivity index (χ2v) is 4.50. The van der Waals surface area contributed by atoms with Crippen molar-refractivity contribution in [1.82, 2.24) is 4.98 Å². The third kappa shape index (κ3) is 4.04. The maximum atomic E-state index is 12.3. The molecule has 0 radical (unpaired) electrons. The largest absolute Gasteiger partial charge is 0.409 e. The van der Waals surface area contributed by atoms with Gasteiger partial charge in [0.25, 0.3) is 0 Å². The van der Waals surface area contributed by atoms with Crippen molar-refractivity contribution >= 4 is 17.4 Å². The number of pyridine rings is 1. The van der Waals surface area contributed by atoms with Gasteiger partial charge in [-0.3, -0.25) is 9.78 Å². The van der Waals surface area contributed by atoms with Gasteiger partial charge in [-0.05, 0) is 24.1 Å². The SMILES string of the molecule is NC(=NO)C(Cc1ccccc1)C(=O)Nc1cccnc1. The number of anilines is 1. The van der Waals surface area contributed by atoms with E-state index in [2.05, 4.69) is 15.5 Å². The molecule has 2 aromatic rings. The summed E-state index contributed by atoms with van der Waals surface area (Å²) in [6.45, 7) is 0. The number of oxime groups is 1. The van der Waals surface area contributed by atoms with E-state index in [4.69, 9.17) is 10.9 Å². The summed E-state index contributed by atoms with van der Waals surface area (Å²) in [6, 6.07) is 12.8. The molecule has 108 valence electrons. The number of nitrogens with zero attached hydrogens (tertiary/aromatic N) is 2. The van der Waals surface area contributed by atoms with Crippen molar-refractivity contribution < 1.29 is 10.0 Å². The zero-order valence-electron chi connectivity index (χ0n) is 11.3. The second-order valence-electron chi connectivity index (χ2n) is 4.50. The number of nitrogens with one attached hydrogen (secondary N) is 1. The van der Waals surface area contributed by atoms with Crippen LogP contribution in [0.1, 0.15) is 5.56 Å². The number of carbonyl (C=O) groups excluding carboxylic acids is 1. The number of hydrogen-bond acceptors (Lipinski definition) is 4. The summed E-state index contributed by atoms with van der Waals surface area (Å²) < 4.78 is 0. The molecule has 0 aliphatic heterocycles. The van der Waals surface area contributed by atoms with E-state index in [9.17, 15) is 4.79 Å². The lowest BCUT2D eigenvalue weighted by Gasteiger charge is -2.15. The maximum Gasteiger partial charge on any atom is 0.235 e. The van der Waals surface area contributed by atoms with Gasteiger partial charge in [0, 0.05) is 6.20 Å². The minimum absolute atomic E-state index is 0.125. The van der Waals surface area contributed by atoms with Crippen molar-refractivity contribution in [2.45, 2.75) is 6.42 Å². The van der Waals surface area contributed by atoms with Gasteiger partial charge in [-0.25, -0.2) is 0 Å². The van der Waals surface area contributed by atoms with Crippen molar-refractivity contribution in [1.29, 1.82) is 0 Å². The molecule has 6 heteroatoms. The molecule has 0 saturated carbocycles. The molecule has 1 heterocycles. The van der Waals surface area contributed by atoms with E-state index >= 15 is 0 Å². The predicted molar refractivity (Wildman–Crippen MR) is 79.9 cm³/mol. The minimum atomic E-state index is -0.752. The molecule has 0 bridgehead atoms. The number of rotatable bonds is 5. The second kappa shape index (κ2) is 7.04. The Morgan fingerprint density at radius 2 is 2.05 bits per heavy atom. The minimum Gasteiger partial charge on any atom is -0.409 e. The first-order valence-corrected chi connectivity index (χ1v) is 6.43. The summed E-state index contributed by atoms with van der Waals surface area (Å²) in [5.41, 5.74) is 7.13. The Labute approximate surface area is 122 Å². The topological polar surface area (TPSA) is 101 Å². The molecule has 0 fully saturated rings. The first-order chi connectivity index (χ1) is 10.2. The molecular formula is C15H16N4O2. The van der Waals surface area contributed by atoms with Crippen LogP contribution in [0, 0.1) is 5.92 Å².